The van der Waals surface area contributed by atoms with Gasteiger partial charge in [-0.1, -0.05) is 65.5 Å². The van der Waals surface area contributed by atoms with Crippen LogP contribution < -0.4 is 27.4 Å². The fourth-order valence-electron chi connectivity index (χ4n) is 10.2. The lowest BCUT2D eigenvalue weighted by Gasteiger charge is -2.58. The van der Waals surface area contributed by atoms with Crippen LogP contribution in [0, 0.1) is 46.3 Å². The molecule has 3 fully saturated rings. The van der Waals surface area contributed by atoms with Gasteiger partial charge < -0.3 is 32.5 Å². The van der Waals surface area contributed by atoms with Crippen molar-refractivity contribution in [1.29, 1.82) is 0 Å². The van der Waals surface area contributed by atoms with Crippen LogP contribution in [0.3, 0.4) is 0 Å². The molecule has 0 radical (unpaired) electrons. The number of carboxylic acid groups (broad SMARTS) is 1. The topological polar surface area (TPSA) is 125 Å². The molecule has 0 saturated heterocycles. The van der Waals surface area contributed by atoms with Crippen molar-refractivity contribution in [2.45, 2.75) is 137 Å². The Bertz CT molecular complexity index is 883. The van der Waals surface area contributed by atoms with E-state index < -0.39 is 6.09 Å². The predicted molar refractivity (Wildman–Crippen MR) is 190 cm³/mol. The molecule has 1 amide bonds. The highest BCUT2D eigenvalue weighted by Gasteiger charge is 2.59. The number of allylic oxidation sites excluding steroid dienone is 1. The zero-order chi connectivity index (χ0) is 32.9. The molecule has 0 aromatic rings. The molecule has 7 nitrogen and oxygen atoms in total. The molecule has 0 aromatic carbocycles. The van der Waals surface area contributed by atoms with Crippen molar-refractivity contribution in [2.24, 2.45) is 57.8 Å². The Morgan fingerprint density at radius 2 is 1.51 bits per heavy atom. The number of nitrogens with two attached hydrogens (primary N) is 2. The Morgan fingerprint density at radius 3 is 2.11 bits per heavy atom. The van der Waals surface area contributed by atoms with E-state index in [1.165, 1.54) is 64.2 Å². The largest absolute Gasteiger partial charge is 0.465 e. The van der Waals surface area contributed by atoms with Gasteiger partial charge >= 0.3 is 6.09 Å². The van der Waals surface area contributed by atoms with Crippen LogP contribution in [0.15, 0.2) is 11.6 Å². The minimum Gasteiger partial charge on any atom is -0.465 e. The predicted octanol–water partition coefficient (Wildman–Crippen LogP) is 7.31. The maximum atomic E-state index is 11.1. The Labute approximate surface area is 277 Å². The highest BCUT2D eigenvalue weighted by molar-refractivity contribution is 5.65. The van der Waals surface area contributed by atoms with Crippen molar-refractivity contribution < 1.29 is 9.90 Å². The van der Waals surface area contributed by atoms with Gasteiger partial charge in [0.25, 0.3) is 0 Å². The minimum atomic E-state index is -0.865. The Hall–Kier alpha value is -1.15. The first-order valence-corrected chi connectivity index (χ1v) is 19.1. The summed E-state index contributed by atoms with van der Waals surface area (Å²) in [5, 5.41) is 18.7. The number of hydrogen-bond acceptors (Lipinski definition) is 5. The summed E-state index contributed by atoms with van der Waals surface area (Å²) in [5.74, 6) is 5.18. The van der Waals surface area contributed by atoms with Crippen LogP contribution >= 0.6 is 0 Å². The summed E-state index contributed by atoms with van der Waals surface area (Å²) in [4.78, 5) is 11.1. The standard InChI is InChI=1S/C28H47NO2.C10H26N4/c1-18(2)7-6-8-19(3)23-11-12-24-22-10-9-20-17-21(29-26(30)31)13-15-27(20,4)25(22)14-16-28(23,24)5;11-5-3-9-13-7-1-2-8-14-10-4-6-12/h9,18-19,21-25,29H,6-8,10-17H2,1-5H3,(H,30,31);13-14H,1-12H2/t19-,21+,22+,23-,24+,25+,27+,28-;/m1./s1. The molecule has 8 N–H and O–H groups in total. The van der Waals surface area contributed by atoms with Gasteiger partial charge in [0.2, 0.25) is 0 Å². The molecule has 4 aliphatic carbocycles. The van der Waals surface area contributed by atoms with E-state index >= 15 is 0 Å². The molecule has 7 heteroatoms. The molecule has 0 aromatic heterocycles. The van der Waals surface area contributed by atoms with Gasteiger partial charge in [-0.05, 0) is 163 Å². The second-order valence-corrected chi connectivity index (χ2v) is 16.2. The summed E-state index contributed by atoms with van der Waals surface area (Å²) in [5.41, 5.74) is 13.2. The first kappa shape index (κ1) is 38.3. The van der Waals surface area contributed by atoms with Crippen molar-refractivity contribution in [3.63, 3.8) is 0 Å². The van der Waals surface area contributed by atoms with Crippen LogP contribution in [0.4, 0.5) is 4.79 Å². The quantitative estimate of drug-likeness (QED) is 0.0739. The SMILES string of the molecule is CC(C)CCC[C@@H](C)[C@H]1CC[C@H]2[C@@H]3CC=C4C[C@@H](NC(=O)O)CC[C@]4(C)[C@H]3CC[C@]12C.NCCCNCCCCNCCCN. The second-order valence-electron chi connectivity index (χ2n) is 16.2. The minimum absolute atomic E-state index is 0.116. The summed E-state index contributed by atoms with van der Waals surface area (Å²) in [7, 11) is 0. The fourth-order valence-corrected chi connectivity index (χ4v) is 10.2. The third-order valence-corrected chi connectivity index (χ3v) is 12.7. The molecule has 0 bridgehead atoms. The highest BCUT2D eigenvalue weighted by atomic mass is 16.4. The summed E-state index contributed by atoms with van der Waals surface area (Å²) in [6.07, 6.45) is 20.5. The molecule has 3 saturated carbocycles. The molecule has 4 rings (SSSR count). The van der Waals surface area contributed by atoms with Gasteiger partial charge in [0, 0.05) is 6.04 Å². The Kier molecular flexibility index (Phi) is 16.2. The van der Waals surface area contributed by atoms with E-state index in [9.17, 15) is 4.79 Å². The first-order chi connectivity index (χ1) is 21.6. The third-order valence-electron chi connectivity index (χ3n) is 12.7. The van der Waals surface area contributed by atoms with Crippen LogP contribution in [-0.4, -0.2) is 56.5 Å². The van der Waals surface area contributed by atoms with Crippen molar-refractivity contribution in [2.75, 3.05) is 39.3 Å². The summed E-state index contributed by atoms with van der Waals surface area (Å²) >= 11 is 0. The molecule has 4 aliphatic rings. The van der Waals surface area contributed by atoms with Crippen molar-refractivity contribution in [3.8, 4) is 0 Å². The number of nitrogens with one attached hydrogen (secondary N) is 3. The van der Waals surface area contributed by atoms with E-state index in [-0.39, 0.29) is 6.04 Å². The van der Waals surface area contributed by atoms with E-state index in [1.807, 2.05) is 0 Å². The molecule has 0 unspecified atom stereocenters. The van der Waals surface area contributed by atoms with E-state index in [2.05, 4.69) is 56.6 Å². The average molecular weight is 632 g/mol. The average Bonchev–Trinajstić information content (AvgIpc) is 3.35. The molecule has 45 heavy (non-hydrogen) atoms. The highest BCUT2D eigenvalue weighted by Crippen LogP contribution is 2.67. The van der Waals surface area contributed by atoms with Crippen LogP contribution in [0.5, 0.6) is 0 Å². The molecular formula is C38H73N5O2. The van der Waals surface area contributed by atoms with Gasteiger partial charge in [-0.25, -0.2) is 4.79 Å². The number of fused-ring (bicyclic) bond motifs is 5. The number of carbonyl (C=O) groups is 1. The monoisotopic (exact) mass is 632 g/mol. The van der Waals surface area contributed by atoms with Gasteiger partial charge in [-0.3, -0.25) is 0 Å². The van der Waals surface area contributed by atoms with E-state index in [0.29, 0.717) is 10.8 Å². The van der Waals surface area contributed by atoms with Crippen LogP contribution in [0.2, 0.25) is 0 Å². The Balaban J connectivity index is 0.000000335. The zero-order valence-corrected chi connectivity index (χ0v) is 30.0. The maximum Gasteiger partial charge on any atom is 0.404 e. The van der Waals surface area contributed by atoms with Gasteiger partial charge in [0.1, 0.15) is 0 Å². The number of amides is 1. The van der Waals surface area contributed by atoms with Crippen molar-refractivity contribution in [1.82, 2.24) is 16.0 Å². The Morgan fingerprint density at radius 1 is 0.867 bits per heavy atom. The number of rotatable bonds is 17. The lowest BCUT2D eigenvalue weighted by Crippen LogP contribution is -2.52. The summed E-state index contributed by atoms with van der Waals surface area (Å²) in [6.45, 7) is 18.4. The number of unbranched alkanes of at least 4 members (excludes halogenated alkanes) is 1. The molecule has 0 aliphatic heterocycles. The molecule has 0 spiro atoms. The molecule has 0 heterocycles. The fraction of sp³-hybridized carbons (Fsp3) is 0.921. The van der Waals surface area contributed by atoms with Crippen LogP contribution in [0.1, 0.15) is 131 Å². The second kappa shape index (κ2) is 19.0. The zero-order valence-electron chi connectivity index (χ0n) is 30.0. The van der Waals surface area contributed by atoms with E-state index in [1.54, 1.807) is 5.57 Å². The first-order valence-electron chi connectivity index (χ1n) is 19.1. The lowest BCUT2D eigenvalue weighted by atomic mass is 9.47. The third kappa shape index (κ3) is 10.7. The van der Waals surface area contributed by atoms with Crippen LogP contribution in [-0.2, 0) is 0 Å². The number of hydrogen-bond donors (Lipinski definition) is 6. The lowest BCUT2D eigenvalue weighted by molar-refractivity contribution is -0.0513. The van der Waals surface area contributed by atoms with Gasteiger partial charge in [-0.15, -0.1) is 0 Å². The van der Waals surface area contributed by atoms with Crippen molar-refractivity contribution >= 4 is 6.09 Å². The van der Waals surface area contributed by atoms with E-state index in [0.717, 1.165) is 107 Å². The maximum absolute atomic E-state index is 11.1. The molecule has 8 atom stereocenters. The van der Waals surface area contributed by atoms with Crippen molar-refractivity contribution in [3.05, 3.63) is 11.6 Å². The van der Waals surface area contributed by atoms with Gasteiger partial charge in [0.15, 0.2) is 0 Å². The summed E-state index contributed by atoms with van der Waals surface area (Å²) < 4.78 is 0. The molecule has 262 valence electrons. The van der Waals surface area contributed by atoms with E-state index in [4.69, 9.17) is 16.6 Å². The van der Waals surface area contributed by atoms with Gasteiger partial charge in [0.05, 0.1) is 0 Å². The van der Waals surface area contributed by atoms with Gasteiger partial charge in [-0.2, -0.15) is 0 Å². The smallest absolute Gasteiger partial charge is 0.404 e. The molecular weight excluding hydrogens is 558 g/mol. The summed E-state index contributed by atoms with van der Waals surface area (Å²) in [6, 6.07) is 0.116. The van der Waals surface area contributed by atoms with Crippen LogP contribution in [0.25, 0.3) is 0 Å². The normalized spacial score (nSPS) is 32.9.